The Morgan fingerprint density at radius 1 is 0.843 bits per heavy atom. The van der Waals surface area contributed by atoms with Crippen LogP contribution in [-0.2, 0) is 54.1 Å². The van der Waals surface area contributed by atoms with E-state index in [4.69, 9.17) is 18.1 Å². The lowest BCUT2D eigenvalue weighted by Crippen LogP contribution is -2.48. The SMILES string of the molecule is CCCCCCc1noc([C@H](CCC(=O)O)NC(=O)[C@H](Cc2ccc(OP(=O)(OCc3ccccc3)OCc3ccccc3)cc2)NC(C)=O)n1. The predicted octanol–water partition coefficient (Wildman–Crippen LogP) is 6.88. The number of nitrogens with zero attached hydrogens (tertiary/aromatic N) is 2. The molecule has 13 nitrogen and oxygen atoms in total. The third-order valence-corrected chi connectivity index (χ3v) is 9.06. The molecule has 14 heteroatoms. The van der Waals surface area contributed by atoms with Crippen LogP contribution in [0.15, 0.2) is 89.5 Å². The van der Waals surface area contributed by atoms with E-state index in [0.717, 1.165) is 36.8 Å². The highest BCUT2D eigenvalue weighted by Crippen LogP contribution is 2.51. The summed E-state index contributed by atoms with van der Waals surface area (Å²) >= 11 is 0. The highest BCUT2D eigenvalue weighted by Gasteiger charge is 2.30. The molecule has 2 amide bonds. The van der Waals surface area contributed by atoms with Crippen LogP contribution in [0, 0.1) is 0 Å². The second kappa shape index (κ2) is 20.1. The van der Waals surface area contributed by atoms with E-state index in [1.807, 2.05) is 60.7 Å². The number of rotatable bonds is 22. The summed E-state index contributed by atoms with van der Waals surface area (Å²) in [5, 5.41) is 18.8. The van der Waals surface area contributed by atoms with Crippen molar-refractivity contribution in [3.05, 3.63) is 113 Å². The largest absolute Gasteiger partial charge is 0.530 e. The van der Waals surface area contributed by atoms with Crippen molar-refractivity contribution in [3.8, 4) is 5.75 Å². The van der Waals surface area contributed by atoms with Crippen LogP contribution in [0.2, 0.25) is 0 Å². The molecule has 3 aromatic carbocycles. The van der Waals surface area contributed by atoms with E-state index in [1.54, 1.807) is 24.3 Å². The lowest BCUT2D eigenvalue weighted by atomic mass is 10.0. The summed E-state index contributed by atoms with van der Waals surface area (Å²) < 4.78 is 36.4. The molecule has 4 aromatic rings. The second-order valence-corrected chi connectivity index (χ2v) is 13.6. The van der Waals surface area contributed by atoms with Crippen LogP contribution in [0.3, 0.4) is 0 Å². The van der Waals surface area contributed by atoms with E-state index in [0.29, 0.717) is 17.8 Å². The fourth-order valence-electron chi connectivity index (χ4n) is 5.07. The van der Waals surface area contributed by atoms with E-state index >= 15 is 0 Å². The fraction of sp³-hybridized carbons (Fsp3) is 0.378. The molecule has 0 radical (unpaired) electrons. The van der Waals surface area contributed by atoms with Crippen molar-refractivity contribution in [1.29, 1.82) is 0 Å². The van der Waals surface area contributed by atoms with Gasteiger partial charge in [0.05, 0.1) is 13.2 Å². The number of benzene rings is 3. The molecular formula is C37H45N4O9P. The predicted molar refractivity (Wildman–Crippen MR) is 188 cm³/mol. The van der Waals surface area contributed by atoms with Crippen LogP contribution < -0.4 is 15.2 Å². The average molecular weight is 721 g/mol. The van der Waals surface area contributed by atoms with Gasteiger partial charge in [0.25, 0.3) is 0 Å². The van der Waals surface area contributed by atoms with E-state index in [2.05, 4.69) is 27.7 Å². The van der Waals surface area contributed by atoms with E-state index in [-0.39, 0.29) is 44.1 Å². The van der Waals surface area contributed by atoms with E-state index in [1.165, 1.54) is 6.92 Å². The number of aromatic nitrogens is 2. The van der Waals surface area contributed by atoms with Crippen LogP contribution in [0.4, 0.5) is 0 Å². The maximum Gasteiger partial charge on any atom is 0.530 e. The summed E-state index contributed by atoms with van der Waals surface area (Å²) in [4.78, 5) is 41.5. The smallest absolute Gasteiger partial charge is 0.481 e. The van der Waals surface area contributed by atoms with Gasteiger partial charge in [-0.15, -0.1) is 0 Å². The molecule has 0 aliphatic rings. The molecule has 0 bridgehead atoms. The maximum atomic E-state index is 13.8. The molecule has 0 fully saturated rings. The number of carbonyl (C=O) groups is 3. The van der Waals surface area contributed by atoms with Gasteiger partial charge in [-0.3, -0.25) is 23.4 Å². The topological polar surface area (TPSA) is 179 Å². The molecule has 1 aromatic heterocycles. The highest BCUT2D eigenvalue weighted by molar-refractivity contribution is 7.48. The minimum atomic E-state index is -4.10. The molecule has 2 atom stereocenters. The molecule has 51 heavy (non-hydrogen) atoms. The first-order valence-corrected chi connectivity index (χ1v) is 18.5. The molecule has 0 aliphatic heterocycles. The summed E-state index contributed by atoms with van der Waals surface area (Å²) in [6, 6.07) is 23.0. The van der Waals surface area contributed by atoms with Gasteiger partial charge >= 0.3 is 13.8 Å². The minimum Gasteiger partial charge on any atom is -0.481 e. The molecule has 0 saturated heterocycles. The van der Waals surface area contributed by atoms with Crippen molar-refractivity contribution in [2.75, 3.05) is 0 Å². The molecule has 4 rings (SSSR count). The van der Waals surface area contributed by atoms with Gasteiger partial charge in [0.15, 0.2) is 5.82 Å². The van der Waals surface area contributed by atoms with Crippen molar-refractivity contribution in [3.63, 3.8) is 0 Å². The number of amides is 2. The fourth-order valence-corrected chi connectivity index (χ4v) is 6.24. The minimum absolute atomic E-state index is 0.00415. The maximum absolute atomic E-state index is 13.8. The van der Waals surface area contributed by atoms with Crippen LogP contribution in [0.1, 0.15) is 86.8 Å². The third-order valence-electron chi connectivity index (χ3n) is 7.74. The zero-order chi connectivity index (χ0) is 36.5. The Kier molecular flexibility index (Phi) is 15.4. The summed E-state index contributed by atoms with van der Waals surface area (Å²) in [6.45, 7) is 3.41. The number of aryl methyl sites for hydroxylation is 1. The third kappa shape index (κ3) is 13.8. The molecule has 272 valence electrons. The number of unbranched alkanes of at least 4 members (excludes halogenated alkanes) is 3. The van der Waals surface area contributed by atoms with E-state index in [9.17, 15) is 24.1 Å². The molecule has 0 spiro atoms. The van der Waals surface area contributed by atoms with Gasteiger partial charge in [0, 0.05) is 26.2 Å². The van der Waals surface area contributed by atoms with E-state index < -0.39 is 37.7 Å². The zero-order valence-electron chi connectivity index (χ0n) is 28.9. The monoisotopic (exact) mass is 720 g/mol. The highest BCUT2D eigenvalue weighted by atomic mass is 31.2. The number of carboxylic acids is 1. The average Bonchev–Trinajstić information content (AvgIpc) is 3.60. The number of phosphoric acid groups is 1. The van der Waals surface area contributed by atoms with Crippen molar-refractivity contribution in [1.82, 2.24) is 20.8 Å². The van der Waals surface area contributed by atoms with Crippen LogP contribution in [0.25, 0.3) is 0 Å². The zero-order valence-corrected chi connectivity index (χ0v) is 29.8. The van der Waals surface area contributed by atoms with Crippen LogP contribution in [-0.4, -0.2) is 39.1 Å². The van der Waals surface area contributed by atoms with Gasteiger partial charge in [-0.05, 0) is 41.7 Å². The van der Waals surface area contributed by atoms with Crippen molar-refractivity contribution >= 4 is 25.6 Å². The number of hydrogen-bond acceptors (Lipinski definition) is 10. The van der Waals surface area contributed by atoms with Crippen LogP contribution >= 0.6 is 7.82 Å². The summed E-state index contributed by atoms with van der Waals surface area (Å²) in [5.41, 5.74) is 2.22. The lowest BCUT2D eigenvalue weighted by molar-refractivity contribution is -0.137. The Bertz CT molecular complexity index is 1670. The van der Waals surface area contributed by atoms with Gasteiger partial charge in [0.1, 0.15) is 17.8 Å². The van der Waals surface area contributed by atoms with Gasteiger partial charge in [-0.1, -0.05) is 104 Å². The Morgan fingerprint density at radius 3 is 2.04 bits per heavy atom. The number of carboxylic acid groups (broad SMARTS) is 1. The number of hydrogen-bond donors (Lipinski definition) is 3. The molecule has 0 saturated carbocycles. The molecule has 3 N–H and O–H groups in total. The number of phosphoric ester groups is 1. The van der Waals surface area contributed by atoms with Crippen LogP contribution in [0.5, 0.6) is 5.75 Å². The Balaban J connectivity index is 1.44. The second-order valence-electron chi connectivity index (χ2n) is 12.0. The molecular weight excluding hydrogens is 675 g/mol. The first-order chi connectivity index (χ1) is 24.6. The quantitative estimate of drug-likeness (QED) is 0.0569. The Morgan fingerprint density at radius 2 is 1.47 bits per heavy atom. The van der Waals surface area contributed by atoms with Gasteiger partial charge in [0.2, 0.25) is 17.7 Å². The molecule has 0 aliphatic carbocycles. The van der Waals surface area contributed by atoms with Crippen molar-refractivity contribution in [2.24, 2.45) is 0 Å². The van der Waals surface area contributed by atoms with Gasteiger partial charge < -0.3 is 24.8 Å². The Labute approximate surface area is 297 Å². The number of nitrogens with one attached hydrogen (secondary N) is 2. The summed E-state index contributed by atoms with van der Waals surface area (Å²) in [7, 11) is -4.10. The summed E-state index contributed by atoms with van der Waals surface area (Å²) in [6.07, 6.45) is 4.53. The van der Waals surface area contributed by atoms with Crippen molar-refractivity contribution < 1.29 is 42.1 Å². The lowest BCUT2D eigenvalue weighted by Gasteiger charge is -2.21. The number of aliphatic carboxylic acids is 1. The number of carbonyl (C=O) groups excluding carboxylic acids is 2. The first kappa shape index (κ1) is 39.0. The summed E-state index contributed by atoms with van der Waals surface area (Å²) in [5.74, 6) is -1.24. The van der Waals surface area contributed by atoms with Gasteiger partial charge in [-0.2, -0.15) is 4.98 Å². The van der Waals surface area contributed by atoms with Crippen molar-refractivity contribution in [2.45, 2.75) is 90.5 Å². The molecule has 1 heterocycles. The standard InChI is InChI=1S/C37H45N4O9P/c1-3-4-5-12-17-34-40-37(49-41-34)32(22-23-35(43)44)39-36(45)33(38-27(2)42)24-28-18-20-31(21-19-28)50-51(46,47-25-29-13-8-6-9-14-29)48-26-30-15-10-7-11-16-30/h6-11,13-16,18-21,32-33H,3-5,12,17,22-26H2,1-2H3,(H,38,42)(H,39,45)(H,43,44)/t32-,33-/m0/s1. The van der Waals surface area contributed by atoms with Gasteiger partial charge in [-0.25, -0.2) is 4.57 Å². The Hall–Kier alpha value is -4.84. The first-order valence-electron chi connectivity index (χ1n) is 17.0. The molecule has 0 unspecified atom stereocenters. The normalized spacial score (nSPS) is 12.5.